The van der Waals surface area contributed by atoms with E-state index in [9.17, 15) is 9.59 Å². The van der Waals surface area contributed by atoms with Gasteiger partial charge in [-0.1, -0.05) is 30.3 Å². The van der Waals surface area contributed by atoms with E-state index < -0.39 is 0 Å². The third kappa shape index (κ3) is 5.53. The molecule has 1 atom stereocenters. The van der Waals surface area contributed by atoms with Crippen LogP contribution in [0.1, 0.15) is 31.2 Å². The van der Waals surface area contributed by atoms with Crippen LogP contribution in [0.25, 0.3) is 0 Å². The van der Waals surface area contributed by atoms with Gasteiger partial charge in [0.15, 0.2) is 0 Å². The summed E-state index contributed by atoms with van der Waals surface area (Å²) in [6, 6.07) is 10.7. The number of amides is 2. The second-order valence-corrected chi connectivity index (χ2v) is 7.68. The zero-order valence-electron chi connectivity index (χ0n) is 16.1. The molecule has 3 rings (SSSR count). The smallest absolute Gasteiger partial charge is 0.236 e. The van der Waals surface area contributed by atoms with E-state index in [4.69, 9.17) is 5.73 Å². The topological polar surface area (TPSA) is 78.7 Å². The van der Waals surface area contributed by atoms with Gasteiger partial charge in [0, 0.05) is 32.2 Å². The lowest BCUT2D eigenvalue weighted by molar-refractivity contribution is -0.131. The molecule has 2 heterocycles. The number of nitrogens with two attached hydrogens (primary N) is 1. The van der Waals surface area contributed by atoms with Crippen LogP contribution in [0.3, 0.4) is 0 Å². The molecule has 2 amide bonds. The average molecular weight is 373 g/mol. The second kappa shape index (κ2) is 9.85. The summed E-state index contributed by atoms with van der Waals surface area (Å²) in [6.45, 7) is 4.25. The van der Waals surface area contributed by atoms with Gasteiger partial charge in [-0.25, -0.2) is 0 Å². The first-order chi connectivity index (χ1) is 13.2. The highest BCUT2D eigenvalue weighted by Gasteiger charge is 2.32. The molecule has 0 aliphatic carbocycles. The molecule has 0 saturated carbocycles. The van der Waals surface area contributed by atoms with Crippen LogP contribution in [0.2, 0.25) is 0 Å². The molecule has 6 nitrogen and oxygen atoms in total. The van der Waals surface area contributed by atoms with Crippen molar-refractivity contribution >= 4 is 11.8 Å². The summed E-state index contributed by atoms with van der Waals surface area (Å²) >= 11 is 0. The first-order valence-corrected chi connectivity index (χ1v) is 10.2. The lowest BCUT2D eigenvalue weighted by Crippen LogP contribution is -2.52. The molecule has 0 aromatic heterocycles. The van der Waals surface area contributed by atoms with Crippen molar-refractivity contribution in [1.82, 2.24) is 15.1 Å². The molecule has 27 heavy (non-hydrogen) atoms. The van der Waals surface area contributed by atoms with Gasteiger partial charge in [-0.05, 0) is 44.2 Å². The Balaban J connectivity index is 1.42. The third-order valence-electron chi connectivity index (χ3n) is 5.89. The summed E-state index contributed by atoms with van der Waals surface area (Å²) in [5.74, 6) is 0.312. The minimum absolute atomic E-state index is 0.0442. The Hall–Kier alpha value is -1.92. The minimum atomic E-state index is 0.0442. The third-order valence-corrected chi connectivity index (χ3v) is 5.89. The van der Waals surface area contributed by atoms with Crippen LogP contribution in [-0.4, -0.2) is 66.9 Å². The number of hydrogen-bond acceptors (Lipinski definition) is 4. The molecule has 1 aromatic carbocycles. The van der Waals surface area contributed by atoms with Crippen molar-refractivity contribution in [3.63, 3.8) is 0 Å². The molecule has 148 valence electrons. The Labute approximate surface area is 162 Å². The summed E-state index contributed by atoms with van der Waals surface area (Å²) in [4.78, 5) is 28.7. The van der Waals surface area contributed by atoms with Crippen molar-refractivity contribution in [1.29, 1.82) is 0 Å². The number of nitrogens with zero attached hydrogens (tertiary/aromatic N) is 2. The Morgan fingerprint density at radius 3 is 2.52 bits per heavy atom. The normalized spacial score (nSPS) is 21.8. The van der Waals surface area contributed by atoms with E-state index in [1.165, 1.54) is 5.56 Å². The van der Waals surface area contributed by atoms with Crippen LogP contribution in [0.5, 0.6) is 0 Å². The van der Waals surface area contributed by atoms with Gasteiger partial charge < -0.3 is 16.0 Å². The number of carbonyl (C=O) groups excluding carboxylic acids is 2. The number of likely N-dealkylation sites (tertiary alicyclic amines) is 2. The zero-order chi connectivity index (χ0) is 19.1. The van der Waals surface area contributed by atoms with Crippen molar-refractivity contribution in [2.24, 2.45) is 11.7 Å². The number of hydrogen-bond donors (Lipinski definition) is 2. The molecule has 2 aliphatic rings. The molecule has 0 bridgehead atoms. The molecule has 1 unspecified atom stereocenters. The molecule has 6 heteroatoms. The van der Waals surface area contributed by atoms with E-state index in [1.807, 2.05) is 23.1 Å². The maximum absolute atomic E-state index is 12.6. The number of piperidine rings is 2. The standard InChI is InChI=1S/C21H32N4O2/c22-15-20(26)24-13-9-19(10-14-24)25-12-4-7-18(16-25)21(27)23-11-8-17-5-2-1-3-6-17/h1-3,5-6,18-19H,4,7-16,22H2,(H,23,27). The van der Waals surface area contributed by atoms with Crippen LogP contribution in [-0.2, 0) is 16.0 Å². The fraction of sp³-hybridized carbons (Fsp3) is 0.619. The highest BCUT2D eigenvalue weighted by molar-refractivity contribution is 5.79. The predicted octanol–water partition coefficient (Wildman–Crippen LogP) is 1.01. The number of rotatable bonds is 6. The van der Waals surface area contributed by atoms with Gasteiger partial charge in [0.05, 0.1) is 12.5 Å². The predicted molar refractivity (Wildman–Crippen MR) is 106 cm³/mol. The van der Waals surface area contributed by atoms with Crippen LogP contribution >= 0.6 is 0 Å². The molecule has 2 saturated heterocycles. The van der Waals surface area contributed by atoms with E-state index in [1.54, 1.807) is 0 Å². The first-order valence-electron chi connectivity index (χ1n) is 10.2. The van der Waals surface area contributed by atoms with Gasteiger partial charge in [-0.15, -0.1) is 0 Å². The van der Waals surface area contributed by atoms with E-state index in [0.29, 0.717) is 12.6 Å². The van der Waals surface area contributed by atoms with E-state index >= 15 is 0 Å². The fourth-order valence-electron chi connectivity index (χ4n) is 4.28. The molecule has 0 radical (unpaired) electrons. The van der Waals surface area contributed by atoms with Crippen LogP contribution < -0.4 is 11.1 Å². The van der Waals surface area contributed by atoms with Crippen LogP contribution in [0, 0.1) is 5.92 Å². The van der Waals surface area contributed by atoms with Crippen molar-refractivity contribution < 1.29 is 9.59 Å². The second-order valence-electron chi connectivity index (χ2n) is 7.68. The fourth-order valence-corrected chi connectivity index (χ4v) is 4.28. The SMILES string of the molecule is NCC(=O)N1CCC(N2CCCC(C(=O)NCCc3ccccc3)C2)CC1. The molecular weight excluding hydrogens is 340 g/mol. The quantitative estimate of drug-likeness (QED) is 0.781. The Kier molecular flexibility index (Phi) is 7.24. The molecule has 2 aliphatic heterocycles. The Bertz CT molecular complexity index is 614. The summed E-state index contributed by atoms with van der Waals surface area (Å²) in [6.07, 6.45) is 4.87. The van der Waals surface area contributed by atoms with Crippen LogP contribution in [0.15, 0.2) is 30.3 Å². The van der Waals surface area contributed by atoms with Gasteiger partial charge >= 0.3 is 0 Å². The van der Waals surface area contributed by atoms with E-state index in [0.717, 1.165) is 58.3 Å². The maximum atomic E-state index is 12.6. The van der Waals surface area contributed by atoms with Gasteiger partial charge in [-0.3, -0.25) is 14.5 Å². The van der Waals surface area contributed by atoms with Crippen molar-refractivity contribution in [2.75, 3.05) is 39.3 Å². The molecule has 2 fully saturated rings. The molecule has 3 N–H and O–H groups in total. The summed E-state index contributed by atoms with van der Waals surface area (Å²) in [7, 11) is 0. The number of nitrogens with one attached hydrogen (secondary N) is 1. The van der Waals surface area contributed by atoms with Crippen molar-refractivity contribution in [3.05, 3.63) is 35.9 Å². The average Bonchev–Trinajstić information content (AvgIpc) is 2.74. The molecular formula is C21H32N4O2. The molecule has 0 spiro atoms. The highest BCUT2D eigenvalue weighted by atomic mass is 16.2. The highest BCUT2D eigenvalue weighted by Crippen LogP contribution is 2.24. The van der Waals surface area contributed by atoms with E-state index in [2.05, 4.69) is 22.3 Å². The lowest BCUT2D eigenvalue weighted by Gasteiger charge is -2.42. The van der Waals surface area contributed by atoms with Crippen molar-refractivity contribution in [2.45, 2.75) is 38.1 Å². The number of carbonyl (C=O) groups is 2. The summed E-state index contributed by atoms with van der Waals surface area (Å²) < 4.78 is 0. The van der Waals surface area contributed by atoms with E-state index in [-0.39, 0.29) is 24.3 Å². The van der Waals surface area contributed by atoms with Crippen molar-refractivity contribution in [3.8, 4) is 0 Å². The minimum Gasteiger partial charge on any atom is -0.355 e. The number of benzene rings is 1. The summed E-state index contributed by atoms with van der Waals surface area (Å²) in [5.41, 5.74) is 6.71. The molecule has 1 aromatic rings. The van der Waals surface area contributed by atoms with Gasteiger partial charge in [0.25, 0.3) is 0 Å². The first kappa shape index (κ1) is 19.8. The monoisotopic (exact) mass is 372 g/mol. The van der Waals surface area contributed by atoms with Gasteiger partial charge in [0.2, 0.25) is 11.8 Å². The summed E-state index contributed by atoms with van der Waals surface area (Å²) in [5, 5.41) is 3.12. The zero-order valence-corrected chi connectivity index (χ0v) is 16.1. The van der Waals surface area contributed by atoms with Gasteiger partial charge in [0.1, 0.15) is 0 Å². The Morgan fingerprint density at radius 1 is 1.07 bits per heavy atom. The Morgan fingerprint density at radius 2 is 1.81 bits per heavy atom. The van der Waals surface area contributed by atoms with Gasteiger partial charge in [-0.2, -0.15) is 0 Å². The maximum Gasteiger partial charge on any atom is 0.236 e. The van der Waals surface area contributed by atoms with Crippen LogP contribution in [0.4, 0.5) is 0 Å². The largest absolute Gasteiger partial charge is 0.355 e. The lowest BCUT2D eigenvalue weighted by atomic mass is 9.93.